The molecule has 100 valence electrons. The molecular formula is C12H9BrN6O. The number of carbonyl (C=O) groups excluding carboxylic acids is 1. The highest BCUT2D eigenvalue weighted by molar-refractivity contribution is 9.10. The van der Waals surface area contributed by atoms with Crippen LogP contribution >= 0.6 is 15.9 Å². The lowest BCUT2D eigenvalue weighted by molar-refractivity contribution is 0.0961. The van der Waals surface area contributed by atoms with Gasteiger partial charge in [-0.15, -0.1) is 15.3 Å². The van der Waals surface area contributed by atoms with Gasteiger partial charge in [0.05, 0.1) is 5.56 Å². The average molecular weight is 333 g/mol. The molecule has 1 aromatic carbocycles. The van der Waals surface area contributed by atoms with Crippen molar-refractivity contribution in [3.63, 3.8) is 0 Å². The molecule has 0 radical (unpaired) electrons. The number of aromatic nitrogens is 4. The summed E-state index contributed by atoms with van der Waals surface area (Å²) in [4.78, 5) is 12.0. The minimum absolute atomic E-state index is 0.261. The summed E-state index contributed by atoms with van der Waals surface area (Å²) in [7, 11) is 0. The number of rotatable bonds is 3. The fourth-order valence-corrected chi connectivity index (χ4v) is 2.09. The van der Waals surface area contributed by atoms with E-state index in [0.717, 1.165) is 4.47 Å². The van der Waals surface area contributed by atoms with Crippen LogP contribution in [0.4, 0.5) is 5.82 Å². The summed E-state index contributed by atoms with van der Waals surface area (Å²) in [5.41, 5.74) is 6.49. The molecule has 0 aliphatic rings. The van der Waals surface area contributed by atoms with E-state index in [1.165, 1.54) is 10.8 Å². The van der Waals surface area contributed by atoms with E-state index in [-0.39, 0.29) is 5.91 Å². The zero-order valence-electron chi connectivity index (χ0n) is 10.1. The second kappa shape index (κ2) is 5.25. The number of hydrogen-bond donors (Lipinski definition) is 2. The Labute approximate surface area is 122 Å². The molecule has 3 rings (SSSR count). The smallest absolute Gasteiger partial charge is 0.270 e. The maximum atomic E-state index is 12.0. The topological polar surface area (TPSA) is 84.2 Å². The summed E-state index contributed by atoms with van der Waals surface area (Å²) in [5, 5.41) is 11.7. The molecule has 0 atom stereocenters. The van der Waals surface area contributed by atoms with Crippen molar-refractivity contribution in [2.75, 3.05) is 5.43 Å². The highest BCUT2D eigenvalue weighted by Gasteiger charge is 2.08. The number of benzene rings is 1. The predicted octanol–water partition coefficient (Wildman–Crippen LogP) is 1.64. The molecule has 8 heteroatoms. The first-order chi connectivity index (χ1) is 9.74. The lowest BCUT2D eigenvalue weighted by Crippen LogP contribution is -2.30. The van der Waals surface area contributed by atoms with Crippen LogP contribution < -0.4 is 10.9 Å². The van der Waals surface area contributed by atoms with Crippen LogP contribution in [0.3, 0.4) is 0 Å². The zero-order chi connectivity index (χ0) is 13.9. The highest BCUT2D eigenvalue weighted by atomic mass is 79.9. The van der Waals surface area contributed by atoms with E-state index < -0.39 is 0 Å². The monoisotopic (exact) mass is 332 g/mol. The number of hydrazine groups is 1. The fourth-order valence-electron chi connectivity index (χ4n) is 1.63. The van der Waals surface area contributed by atoms with Crippen LogP contribution in [0.5, 0.6) is 0 Å². The first-order valence-corrected chi connectivity index (χ1v) is 6.51. The van der Waals surface area contributed by atoms with Crippen molar-refractivity contribution in [2.45, 2.75) is 0 Å². The summed E-state index contributed by atoms with van der Waals surface area (Å²) < 4.78 is 2.23. The Bertz CT molecular complexity index is 771. The van der Waals surface area contributed by atoms with Gasteiger partial charge in [0.25, 0.3) is 5.91 Å². The third-order valence-electron chi connectivity index (χ3n) is 2.58. The summed E-state index contributed by atoms with van der Waals surface area (Å²) in [6, 6.07) is 10.6. The van der Waals surface area contributed by atoms with Crippen LogP contribution in [-0.2, 0) is 0 Å². The number of carbonyl (C=O) groups is 1. The van der Waals surface area contributed by atoms with Gasteiger partial charge in [-0.3, -0.25) is 15.6 Å². The van der Waals surface area contributed by atoms with Crippen LogP contribution in [0, 0.1) is 0 Å². The lowest BCUT2D eigenvalue weighted by atomic mass is 10.2. The number of amides is 1. The molecule has 0 fully saturated rings. The molecule has 7 nitrogen and oxygen atoms in total. The van der Waals surface area contributed by atoms with Gasteiger partial charge < -0.3 is 0 Å². The van der Waals surface area contributed by atoms with Gasteiger partial charge in [0.15, 0.2) is 11.5 Å². The van der Waals surface area contributed by atoms with Crippen LogP contribution in [0.1, 0.15) is 10.4 Å². The van der Waals surface area contributed by atoms with Crippen molar-refractivity contribution in [2.24, 2.45) is 0 Å². The van der Waals surface area contributed by atoms with E-state index in [9.17, 15) is 4.79 Å². The number of nitrogens with one attached hydrogen (secondary N) is 2. The third-order valence-corrected chi connectivity index (χ3v) is 3.28. The van der Waals surface area contributed by atoms with E-state index >= 15 is 0 Å². The van der Waals surface area contributed by atoms with Crippen molar-refractivity contribution in [1.82, 2.24) is 25.2 Å². The standard InChI is InChI=1S/C12H9BrN6O/c13-9-4-2-1-3-8(9)12(20)17-15-10-5-6-11-16-14-7-19(11)18-10/h1-7H,(H,15,18)(H,17,20). The molecule has 2 N–H and O–H groups in total. The SMILES string of the molecule is O=C(NNc1ccc2nncn2n1)c1ccccc1Br. The highest BCUT2D eigenvalue weighted by Crippen LogP contribution is 2.15. The number of hydrogen-bond acceptors (Lipinski definition) is 5. The first-order valence-electron chi connectivity index (χ1n) is 5.72. The largest absolute Gasteiger partial charge is 0.280 e. The van der Waals surface area contributed by atoms with Crippen LogP contribution in [-0.4, -0.2) is 25.7 Å². The maximum absolute atomic E-state index is 12.0. The Morgan fingerprint density at radius 1 is 1.20 bits per heavy atom. The van der Waals surface area contributed by atoms with Crippen molar-refractivity contribution in [1.29, 1.82) is 0 Å². The molecule has 0 bridgehead atoms. The van der Waals surface area contributed by atoms with E-state index in [1.54, 1.807) is 30.3 Å². The van der Waals surface area contributed by atoms with Gasteiger partial charge in [-0.05, 0) is 40.2 Å². The summed E-state index contributed by atoms with van der Waals surface area (Å²) >= 11 is 3.33. The van der Waals surface area contributed by atoms with E-state index in [0.29, 0.717) is 17.0 Å². The molecule has 3 aromatic rings. The van der Waals surface area contributed by atoms with Gasteiger partial charge in [-0.25, -0.2) is 0 Å². The Balaban J connectivity index is 1.73. The van der Waals surface area contributed by atoms with E-state index in [2.05, 4.69) is 42.1 Å². The molecule has 0 unspecified atom stereocenters. The number of nitrogens with zero attached hydrogens (tertiary/aromatic N) is 4. The van der Waals surface area contributed by atoms with Crippen LogP contribution in [0.2, 0.25) is 0 Å². The first kappa shape index (κ1) is 12.5. The molecule has 20 heavy (non-hydrogen) atoms. The predicted molar refractivity (Wildman–Crippen MR) is 76.0 cm³/mol. The zero-order valence-corrected chi connectivity index (χ0v) is 11.7. The molecule has 2 aromatic heterocycles. The number of anilines is 1. The van der Waals surface area contributed by atoms with Crippen LogP contribution in [0.25, 0.3) is 5.65 Å². The molecule has 0 saturated carbocycles. The summed E-state index contributed by atoms with van der Waals surface area (Å²) in [5.74, 6) is 0.223. The number of fused-ring (bicyclic) bond motifs is 1. The summed E-state index contributed by atoms with van der Waals surface area (Å²) in [6.07, 6.45) is 1.48. The Morgan fingerprint density at radius 2 is 2.05 bits per heavy atom. The molecule has 0 aliphatic heterocycles. The molecule has 0 spiro atoms. The van der Waals surface area contributed by atoms with Gasteiger partial charge in [-0.2, -0.15) is 4.52 Å². The van der Waals surface area contributed by atoms with Crippen molar-refractivity contribution >= 4 is 33.3 Å². The average Bonchev–Trinajstić information content (AvgIpc) is 2.92. The minimum Gasteiger partial charge on any atom is -0.280 e. The molecule has 0 saturated heterocycles. The summed E-state index contributed by atoms with van der Waals surface area (Å²) in [6.45, 7) is 0. The quantitative estimate of drug-likeness (QED) is 0.712. The van der Waals surface area contributed by atoms with Gasteiger partial charge in [-0.1, -0.05) is 12.1 Å². The molecule has 0 aliphatic carbocycles. The van der Waals surface area contributed by atoms with E-state index in [1.807, 2.05) is 6.07 Å². The normalized spacial score (nSPS) is 10.4. The van der Waals surface area contributed by atoms with Crippen molar-refractivity contribution in [3.05, 3.63) is 52.8 Å². The Kier molecular flexibility index (Phi) is 3.30. The maximum Gasteiger partial charge on any atom is 0.270 e. The molecule has 2 heterocycles. The van der Waals surface area contributed by atoms with Gasteiger partial charge in [0, 0.05) is 4.47 Å². The Morgan fingerprint density at radius 3 is 2.90 bits per heavy atom. The van der Waals surface area contributed by atoms with Gasteiger partial charge in [0.1, 0.15) is 6.33 Å². The van der Waals surface area contributed by atoms with Crippen molar-refractivity contribution < 1.29 is 4.79 Å². The van der Waals surface area contributed by atoms with Crippen LogP contribution in [0.15, 0.2) is 47.2 Å². The Hall–Kier alpha value is -2.48. The van der Waals surface area contributed by atoms with Gasteiger partial charge in [0.2, 0.25) is 0 Å². The minimum atomic E-state index is -0.261. The fraction of sp³-hybridized carbons (Fsp3) is 0. The van der Waals surface area contributed by atoms with Gasteiger partial charge >= 0.3 is 0 Å². The number of halogens is 1. The second-order valence-corrected chi connectivity index (χ2v) is 4.77. The molecular weight excluding hydrogens is 324 g/mol. The lowest BCUT2D eigenvalue weighted by Gasteiger charge is -2.08. The second-order valence-electron chi connectivity index (χ2n) is 3.91. The van der Waals surface area contributed by atoms with Crippen molar-refractivity contribution in [3.8, 4) is 0 Å². The third kappa shape index (κ3) is 2.45. The van der Waals surface area contributed by atoms with E-state index in [4.69, 9.17) is 0 Å². The molecule has 1 amide bonds.